The zero-order valence-corrected chi connectivity index (χ0v) is 19.3. The number of phenols is 1. The highest BCUT2D eigenvalue weighted by molar-refractivity contribution is 6.23. The van der Waals surface area contributed by atoms with Gasteiger partial charge in [-0.15, -0.1) is 0 Å². The molecule has 9 heteroatoms. The van der Waals surface area contributed by atoms with Gasteiger partial charge in [0.2, 0.25) is 5.78 Å². The smallest absolute Gasteiger partial charge is 0.255 e. The number of rotatable bonds is 4. The minimum atomic E-state index is -2.74. The van der Waals surface area contributed by atoms with Crippen molar-refractivity contribution >= 4 is 23.2 Å². The van der Waals surface area contributed by atoms with Crippen LogP contribution in [-0.4, -0.2) is 49.6 Å². The Kier molecular flexibility index (Phi) is 5.50. The summed E-state index contributed by atoms with van der Waals surface area (Å²) in [4.78, 5) is 38.6. The van der Waals surface area contributed by atoms with Crippen LogP contribution in [0.2, 0.25) is 0 Å². The van der Waals surface area contributed by atoms with E-state index in [1.807, 2.05) is 30.3 Å². The molecule has 0 spiro atoms. The molecular weight excluding hydrogens is 466 g/mol. The van der Waals surface area contributed by atoms with Crippen molar-refractivity contribution in [2.75, 3.05) is 0 Å². The molecular formula is C27H25NO8. The normalized spacial score (nSPS) is 29.5. The first kappa shape index (κ1) is 23.8. The Morgan fingerprint density at radius 3 is 2.44 bits per heavy atom. The van der Waals surface area contributed by atoms with Gasteiger partial charge in [-0.25, -0.2) is 0 Å². The van der Waals surface area contributed by atoms with Crippen molar-refractivity contribution < 1.29 is 39.5 Å². The van der Waals surface area contributed by atoms with Crippen LogP contribution in [0.15, 0.2) is 65.4 Å². The van der Waals surface area contributed by atoms with Crippen LogP contribution in [0.3, 0.4) is 0 Å². The summed E-state index contributed by atoms with van der Waals surface area (Å²) in [6.07, 6.45) is -1.51. The van der Waals surface area contributed by atoms with Gasteiger partial charge in [-0.05, 0) is 23.1 Å². The second-order valence-electron chi connectivity index (χ2n) is 9.50. The molecule has 1 fully saturated rings. The van der Waals surface area contributed by atoms with E-state index in [2.05, 4.69) is 0 Å². The number of carbonyl (C=O) groups excluding carboxylic acids is 3. The number of primary amides is 1. The number of hydrogen-bond acceptors (Lipinski definition) is 8. The van der Waals surface area contributed by atoms with E-state index >= 15 is 0 Å². The van der Waals surface area contributed by atoms with E-state index in [1.54, 1.807) is 19.1 Å². The summed E-state index contributed by atoms with van der Waals surface area (Å²) in [5, 5.41) is 44.3. The van der Waals surface area contributed by atoms with Crippen LogP contribution < -0.4 is 5.73 Å². The van der Waals surface area contributed by atoms with Gasteiger partial charge in [-0.1, -0.05) is 49.4 Å². The molecule has 3 aliphatic carbocycles. The SMILES string of the molecule is C[C@H]1c2cccc(O)c2C(O)=C2C(=O)[C@]3(O)C(O)=C(C(N)=O)C(=O)C[C@@H]3[C@@H](OCc3ccccc3)[C@@H]21. The molecule has 0 aromatic heterocycles. The Balaban J connectivity index is 1.73. The van der Waals surface area contributed by atoms with E-state index in [1.165, 1.54) is 6.07 Å². The molecule has 0 aliphatic heterocycles. The number of nitrogens with two attached hydrogens (primary N) is 1. The highest BCUT2D eigenvalue weighted by Gasteiger charge is 2.65. The molecule has 2 aromatic rings. The maximum absolute atomic E-state index is 13.8. The van der Waals surface area contributed by atoms with Gasteiger partial charge in [0.1, 0.15) is 22.8 Å². The number of phenolic OH excluding ortho intramolecular Hbond substituents is 1. The fourth-order valence-electron chi connectivity index (χ4n) is 5.91. The van der Waals surface area contributed by atoms with Gasteiger partial charge in [0.05, 0.1) is 18.3 Å². The standard InChI is InChI=1S/C27H25NO8/c1-12-14-8-5-9-16(29)19(14)22(31)21-18(12)23(36-11-13-6-3-2-4-7-13)15-10-17(30)20(26(28)34)24(32)27(15,35)25(21)33/h2-9,12,15,18,23,29,31-32,35H,10-11H2,1H3,(H2,28,34)/t12-,15+,18+,23+,27+/m0/s1. The van der Waals surface area contributed by atoms with E-state index in [0.717, 1.165) is 5.56 Å². The van der Waals surface area contributed by atoms with Crippen LogP contribution in [0.25, 0.3) is 5.76 Å². The van der Waals surface area contributed by atoms with Gasteiger partial charge in [0.25, 0.3) is 5.91 Å². The van der Waals surface area contributed by atoms with Crippen LogP contribution in [0.5, 0.6) is 5.75 Å². The summed E-state index contributed by atoms with van der Waals surface area (Å²) in [5.41, 5.74) is 2.83. The summed E-state index contributed by atoms with van der Waals surface area (Å²) in [6.45, 7) is 1.85. The molecule has 186 valence electrons. The van der Waals surface area contributed by atoms with Crippen LogP contribution in [-0.2, 0) is 25.7 Å². The van der Waals surface area contributed by atoms with E-state index < -0.39 is 70.4 Å². The molecule has 6 N–H and O–H groups in total. The lowest BCUT2D eigenvalue weighted by molar-refractivity contribution is -0.168. The molecule has 0 heterocycles. The van der Waals surface area contributed by atoms with Crippen LogP contribution >= 0.6 is 0 Å². The number of Topliss-reactive ketones (excluding diaryl/α,β-unsaturated/α-hetero) is 2. The summed E-state index contributed by atoms with van der Waals surface area (Å²) < 4.78 is 6.26. The number of benzene rings is 2. The zero-order valence-electron chi connectivity index (χ0n) is 19.3. The Hall–Kier alpha value is -3.95. The number of aliphatic hydroxyl groups excluding tert-OH is 2. The van der Waals surface area contributed by atoms with Crippen molar-refractivity contribution in [1.29, 1.82) is 0 Å². The minimum absolute atomic E-state index is 0.0407. The van der Waals surface area contributed by atoms with E-state index in [0.29, 0.717) is 5.56 Å². The molecule has 0 saturated heterocycles. The number of amides is 1. The molecule has 0 unspecified atom stereocenters. The first-order chi connectivity index (χ1) is 17.1. The number of aromatic hydroxyl groups is 1. The number of aliphatic hydroxyl groups is 3. The van der Waals surface area contributed by atoms with E-state index in [-0.39, 0.29) is 23.5 Å². The fourth-order valence-corrected chi connectivity index (χ4v) is 5.91. The molecule has 36 heavy (non-hydrogen) atoms. The third-order valence-electron chi connectivity index (χ3n) is 7.62. The average Bonchev–Trinajstić information content (AvgIpc) is 2.84. The van der Waals surface area contributed by atoms with Crippen molar-refractivity contribution in [3.05, 3.63) is 82.1 Å². The summed E-state index contributed by atoms with van der Waals surface area (Å²) in [7, 11) is 0. The maximum atomic E-state index is 13.8. The average molecular weight is 491 g/mol. The van der Waals surface area contributed by atoms with Gasteiger partial charge < -0.3 is 30.9 Å². The van der Waals surface area contributed by atoms with Crippen LogP contribution in [0, 0.1) is 11.8 Å². The lowest BCUT2D eigenvalue weighted by Gasteiger charge is -2.51. The number of ether oxygens (including phenoxy) is 1. The monoisotopic (exact) mass is 491 g/mol. The Morgan fingerprint density at radius 2 is 1.78 bits per heavy atom. The van der Waals surface area contributed by atoms with Crippen LogP contribution in [0.4, 0.5) is 0 Å². The Labute approximate surface area is 206 Å². The summed E-state index contributed by atoms with van der Waals surface area (Å²) in [6, 6.07) is 13.8. The molecule has 5 rings (SSSR count). The largest absolute Gasteiger partial charge is 0.508 e. The second-order valence-corrected chi connectivity index (χ2v) is 9.50. The zero-order chi connectivity index (χ0) is 25.9. The topological polar surface area (TPSA) is 167 Å². The molecule has 1 saturated carbocycles. The minimum Gasteiger partial charge on any atom is -0.508 e. The van der Waals surface area contributed by atoms with Gasteiger partial charge in [-0.2, -0.15) is 0 Å². The van der Waals surface area contributed by atoms with Gasteiger partial charge in [0.15, 0.2) is 11.4 Å². The lowest BCUT2D eigenvalue weighted by Crippen LogP contribution is -2.64. The molecule has 3 aliphatic rings. The molecule has 2 aromatic carbocycles. The molecule has 0 bridgehead atoms. The molecule has 0 radical (unpaired) electrons. The fraction of sp³-hybridized carbons (Fsp3) is 0.296. The van der Waals surface area contributed by atoms with Crippen molar-refractivity contribution in [2.45, 2.75) is 37.6 Å². The molecule has 9 nitrogen and oxygen atoms in total. The van der Waals surface area contributed by atoms with E-state index in [4.69, 9.17) is 10.5 Å². The Bertz CT molecular complexity index is 1360. The highest BCUT2D eigenvalue weighted by atomic mass is 16.5. The van der Waals surface area contributed by atoms with Gasteiger partial charge >= 0.3 is 0 Å². The predicted molar refractivity (Wildman–Crippen MR) is 126 cm³/mol. The number of fused-ring (bicyclic) bond motifs is 3. The number of carbonyl (C=O) groups is 3. The van der Waals surface area contributed by atoms with Crippen molar-refractivity contribution in [2.24, 2.45) is 17.6 Å². The first-order valence-electron chi connectivity index (χ1n) is 11.5. The van der Waals surface area contributed by atoms with Crippen molar-refractivity contribution in [3.63, 3.8) is 0 Å². The summed E-state index contributed by atoms with van der Waals surface area (Å²) >= 11 is 0. The van der Waals surface area contributed by atoms with Crippen molar-refractivity contribution in [1.82, 2.24) is 0 Å². The van der Waals surface area contributed by atoms with Gasteiger partial charge in [0, 0.05) is 23.8 Å². The third-order valence-corrected chi connectivity index (χ3v) is 7.62. The molecule has 1 amide bonds. The predicted octanol–water partition coefficient (Wildman–Crippen LogP) is 2.18. The highest BCUT2D eigenvalue weighted by Crippen LogP contribution is 2.56. The van der Waals surface area contributed by atoms with Gasteiger partial charge in [-0.3, -0.25) is 14.4 Å². The summed E-state index contributed by atoms with van der Waals surface area (Å²) in [5.74, 6) is -7.68. The van der Waals surface area contributed by atoms with Crippen LogP contribution in [0.1, 0.15) is 36.0 Å². The quantitative estimate of drug-likeness (QED) is 0.406. The lowest BCUT2D eigenvalue weighted by atomic mass is 9.55. The number of hydrogen-bond donors (Lipinski definition) is 5. The third kappa shape index (κ3) is 3.20. The Morgan fingerprint density at radius 1 is 1.08 bits per heavy atom. The maximum Gasteiger partial charge on any atom is 0.255 e. The number of ketones is 2. The van der Waals surface area contributed by atoms with Crippen molar-refractivity contribution in [3.8, 4) is 5.75 Å². The first-order valence-corrected chi connectivity index (χ1v) is 11.5. The second kappa shape index (κ2) is 8.32. The molecule has 5 atom stereocenters. The van der Waals surface area contributed by atoms with E-state index in [9.17, 15) is 34.8 Å².